The molecule has 1 amide bonds. The predicted molar refractivity (Wildman–Crippen MR) is 128 cm³/mol. The molecule has 1 heterocycles. The van der Waals surface area contributed by atoms with Crippen molar-refractivity contribution >= 4 is 5.91 Å². The maximum Gasteiger partial charge on any atom is 0.416 e. The zero-order chi connectivity index (χ0) is 26.6. The predicted octanol–water partition coefficient (Wildman–Crippen LogP) is 5.54. The van der Waals surface area contributed by atoms with Gasteiger partial charge in [0.25, 0.3) is 0 Å². The minimum absolute atomic E-state index is 0.0666. The second-order valence-corrected chi connectivity index (χ2v) is 9.93. The quantitative estimate of drug-likeness (QED) is 0.435. The first kappa shape index (κ1) is 27.4. The summed E-state index contributed by atoms with van der Waals surface area (Å²) in [4.78, 5) is 17.4. The largest absolute Gasteiger partial charge is 0.416 e. The minimum atomic E-state index is -4.95. The average Bonchev–Trinajstić information content (AvgIpc) is 3.68. The van der Waals surface area contributed by atoms with Crippen LogP contribution in [0.3, 0.4) is 0 Å². The van der Waals surface area contributed by atoms with Gasteiger partial charge in [-0.1, -0.05) is 43.2 Å². The minimum Gasteiger partial charge on any atom is -0.354 e. The zero-order valence-corrected chi connectivity index (χ0v) is 20.4. The van der Waals surface area contributed by atoms with Crippen molar-refractivity contribution in [1.29, 1.82) is 0 Å². The van der Waals surface area contributed by atoms with Crippen LogP contribution in [0.1, 0.15) is 47.6 Å². The number of benzene rings is 2. The number of halogens is 6. The fraction of sp³-hybridized carbons (Fsp3) is 0.519. The van der Waals surface area contributed by atoms with Crippen LogP contribution in [0, 0.1) is 5.92 Å². The number of rotatable bonds is 9. The molecule has 2 aromatic rings. The summed E-state index contributed by atoms with van der Waals surface area (Å²) >= 11 is 0. The van der Waals surface area contributed by atoms with Gasteiger partial charge >= 0.3 is 12.4 Å². The van der Waals surface area contributed by atoms with Crippen LogP contribution in [0.25, 0.3) is 0 Å². The van der Waals surface area contributed by atoms with Gasteiger partial charge in [-0.2, -0.15) is 26.3 Å². The van der Waals surface area contributed by atoms with Gasteiger partial charge in [0.2, 0.25) is 5.91 Å². The van der Waals surface area contributed by atoms with Crippen LogP contribution in [-0.4, -0.2) is 55.0 Å². The number of carbonyl (C=O) groups is 1. The van der Waals surface area contributed by atoms with E-state index in [-0.39, 0.29) is 24.2 Å². The SMILES string of the molecule is O=C(Cc1cc(C(F)(F)F)cc(C(F)(F)F)c1)NCC(c1ccccc1)N1CCN(CCC2CC2)CC1. The van der Waals surface area contributed by atoms with Crippen LogP contribution in [0.2, 0.25) is 0 Å². The third kappa shape index (κ3) is 7.95. The number of piperazine rings is 1. The van der Waals surface area contributed by atoms with E-state index in [0.29, 0.717) is 12.1 Å². The van der Waals surface area contributed by atoms with Crippen molar-refractivity contribution in [3.8, 4) is 0 Å². The second kappa shape index (κ2) is 11.4. The summed E-state index contributed by atoms with van der Waals surface area (Å²) in [5.41, 5.74) is -2.19. The first-order valence-electron chi connectivity index (χ1n) is 12.6. The van der Waals surface area contributed by atoms with Crippen LogP contribution >= 0.6 is 0 Å². The van der Waals surface area contributed by atoms with Crippen molar-refractivity contribution in [1.82, 2.24) is 15.1 Å². The molecule has 1 saturated heterocycles. The number of carbonyl (C=O) groups excluding carboxylic acids is 1. The molecule has 0 bridgehead atoms. The van der Waals surface area contributed by atoms with E-state index in [9.17, 15) is 31.1 Å². The molecule has 2 fully saturated rings. The summed E-state index contributed by atoms with van der Waals surface area (Å²) in [5, 5.41) is 2.75. The monoisotopic (exact) mass is 527 g/mol. The van der Waals surface area contributed by atoms with Crippen molar-refractivity contribution in [2.45, 2.75) is 44.1 Å². The average molecular weight is 528 g/mol. The van der Waals surface area contributed by atoms with E-state index in [2.05, 4.69) is 15.1 Å². The maximum absolute atomic E-state index is 13.2. The number of nitrogens with one attached hydrogen (secondary N) is 1. The van der Waals surface area contributed by atoms with Crippen LogP contribution in [0.4, 0.5) is 26.3 Å². The molecule has 37 heavy (non-hydrogen) atoms. The highest BCUT2D eigenvalue weighted by Crippen LogP contribution is 2.36. The molecule has 10 heteroatoms. The first-order valence-corrected chi connectivity index (χ1v) is 12.6. The molecule has 1 unspecified atom stereocenters. The normalized spacial score (nSPS) is 18.5. The van der Waals surface area contributed by atoms with Crippen molar-refractivity contribution in [3.63, 3.8) is 0 Å². The van der Waals surface area contributed by atoms with Gasteiger partial charge in [-0.3, -0.25) is 9.69 Å². The Hall–Kier alpha value is -2.59. The van der Waals surface area contributed by atoms with Crippen LogP contribution in [0.15, 0.2) is 48.5 Å². The highest BCUT2D eigenvalue weighted by atomic mass is 19.4. The topological polar surface area (TPSA) is 35.6 Å². The molecule has 2 aliphatic rings. The molecule has 1 aliphatic carbocycles. The Balaban J connectivity index is 1.40. The van der Waals surface area contributed by atoms with Gasteiger partial charge in [-0.15, -0.1) is 0 Å². The van der Waals surface area contributed by atoms with E-state index in [1.807, 2.05) is 30.3 Å². The van der Waals surface area contributed by atoms with Gasteiger partial charge in [0, 0.05) is 32.7 Å². The Morgan fingerprint density at radius 2 is 1.49 bits per heavy atom. The number of alkyl halides is 6. The molecule has 2 aromatic carbocycles. The van der Waals surface area contributed by atoms with Crippen molar-refractivity contribution < 1.29 is 31.1 Å². The van der Waals surface area contributed by atoms with E-state index in [1.165, 1.54) is 19.3 Å². The third-order valence-corrected chi connectivity index (χ3v) is 7.09. The molecule has 0 spiro atoms. The highest BCUT2D eigenvalue weighted by Gasteiger charge is 2.37. The lowest BCUT2D eigenvalue weighted by atomic mass is 10.0. The maximum atomic E-state index is 13.2. The Kier molecular flexibility index (Phi) is 8.48. The van der Waals surface area contributed by atoms with E-state index in [4.69, 9.17) is 0 Å². The summed E-state index contributed by atoms with van der Waals surface area (Å²) in [6.45, 7) is 4.73. The van der Waals surface area contributed by atoms with Crippen LogP contribution in [-0.2, 0) is 23.6 Å². The fourth-order valence-corrected chi connectivity index (χ4v) is 4.78. The highest BCUT2D eigenvalue weighted by molar-refractivity contribution is 5.78. The van der Waals surface area contributed by atoms with E-state index >= 15 is 0 Å². The van der Waals surface area contributed by atoms with Gasteiger partial charge in [0.1, 0.15) is 0 Å². The molecule has 0 radical (unpaired) electrons. The zero-order valence-electron chi connectivity index (χ0n) is 20.4. The molecular weight excluding hydrogens is 496 g/mol. The van der Waals surface area contributed by atoms with E-state index < -0.39 is 35.8 Å². The molecule has 4 rings (SSSR count). The standard InChI is InChI=1S/C27H31F6N3O/c28-26(29,30)22-14-20(15-23(17-22)27(31,32)33)16-25(37)34-18-24(21-4-2-1-3-5-21)36-12-10-35(11-13-36)9-8-19-6-7-19/h1-5,14-15,17,19,24H,6-13,16,18H2,(H,34,37). The summed E-state index contributed by atoms with van der Waals surface area (Å²) < 4.78 is 79.0. The fourth-order valence-electron chi connectivity index (χ4n) is 4.78. The molecule has 1 saturated carbocycles. The summed E-state index contributed by atoms with van der Waals surface area (Å²) in [6.07, 6.45) is -6.61. The molecule has 1 atom stereocenters. The Bertz CT molecular complexity index is 1010. The van der Waals surface area contributed by atoms with Gasteiger partial charge in [-0.05, 0) is 48.2 Å². The lowest BCUT2D eigenvalue weighted by Crippen LogP contribution is -2.50. The molecule has 1 aliphatic heterocycles. The Labute approximate surface area is 212 Å². The van der Waals surface area contributed by atoms with Crippen molar-refractivity contribution in [2.24, 2.45) is 5.92 Å². The number of amides is 1. The Morgan fingerprint density at radius 1 is 0.892 bits per heavy atom. The number of hydrogen-bond donors (Lipinski definition) is 1. The molecule has 0 aromatic heterocycles. The first-order chi connectivity index (χ1) is 17.5. The van der Waals surface area contributed by atoms with Crippen LogP contribution in [0.5, 0.6) is 0 Å². The van der Waals surface area contributed by atoms with Gasteiger partial charge in [0.05, 0.1) is 23.6 Å². The van der Waals surface area contributed by atoms with Crippen LogP contribution < -0.4 is 5.32 Å². The summed E-state index contributed by atoms with van der Waals surface area (Å²) in [6, 6.07) is 10.7. The third-order valence-electron chi connectivity index (χ3n) is 7.09. The lowest BCUT2D eigenvalue weighted by Gasteiger charge is -2.39. The van der Waals surface area contributed by atoms with Gasteiger partial charge in [-0.25, -0.2) is 0 Å². The lowest BCUT2D eigenvalue weighted by molar-refractivity contribution is -0.143. The van der Waals surface area contributed by atoms with Gasteiger partial charge < -0.3 is 10.2 Å². The smallest absolute Gasteiger partial charge is 0.354 e. The number of nitrogens with zero attached hydrogens (tertiary/aromatic N) is 2. The summed E-state index contributed by atoms with van der Waals surface area (Å²) in [5.74, 6) is 0.241. The molecule has 4 nitrogen and oxygen atoms in total. The van der Waals surface area contributed by atoms with Crippen molar-refractivity contribution in [3.05, 3.63) is 70.8 Å². The van der Waals surface area contributed by atoms with Gasteiger partial charge in [0.15, 0.2) is 0 Å². The number of hydrogen-bond acceptors (Lipinski definition) is 3. The molecule has 1 N–H and O–H groups in total. The summed E-state index contributed by atoms with van der Waals surface area (Å²) in [7, 11) is 0. The Morgan fingerprint density at radius 3 is 2.03 bits per heavy atom. The van der Waals surface area contributed by atoms with E-state index in [1.54, 1.807) is 0 Å². The van der Waals surface area contributed by atoms with E-state index in [0.717, 1.165) is 44.2 Å². The second-order valence-electron chi connectivity index (χ2n) is 9.93. The molecule has 202 valence electrons. The molecular formula is C27H31F6N3O. The van der Waals surface area contributed by atoms with Crippen molar-refractivity contribution in [2.75, 3.05) is 39.3 Å².